The molecular weight excluding hydrogens is 282 g/mol. The SMILES string of the molecule is CCc1nn(C)c(CNC(C)CCOC)c1Br. The van der Waals surface area contributed by atoms with Crippen molar-refractivity contribution in [3.8, 4) is 0 Å². The number of rotatable bonds is 7. The lowest BCUT2D eigenvalue weighted by molar-refractivity contribution is 0.184. The average Bonchev–Trinajstić information content (AvgIpc) is 2.59. The Morgan fingerprint density at radius 1 is 1.53 bits per heavy atom. The van der Waals surface area contributed by atoms with Gasteiger partial charge in [-0.05, 0) is 35.7 Å². The number of halogens is 1. The molecule has 0 fully saturated rings. The van der Waals surface area contributed by atoms with Crippen LogP contribution in [0, 0.1) is 0 Å². The molecule has 0 bridgehead atoms. The maximum Gasteiger partial charge on any atom is 0.0767 e. The molecule has 1 aromatic rings. The number of nitrogens with one attached hydrogen (secondary N) is 1. The first-order chi connectivity index (χ1) is 8.10. The van der Waals surface area contributed by atoms with Crippen LogP contribution < -0.4 is 5.32 Å². The van der Waals surface area contributed by atoms with Crippen LogP contribution in [0.25, 0.3) is 0 Å². The summed E-state index contributed by atoms with van der Waals surface area (Å²) in [5.74, 6) is 0. The van der Waals surface area contributed by atoms with Crippen LogP contribution in [0.15, 0.2) is 4.47 Å². The van der Waals surface area contributed by atoms with Gasteiger partial charge >= 0.3 is 0 Å². The first-order valence-corrected chi connectivity index (χ1v) is 6.82. The minimum Gasteiger partial charge on any atom is -0.385 e. The number of aromatic nitrogens is 2. The molecule has 17 heavy (non-hydrogen) atoms. The van der Waals surface area contributed by atoms with Gasteiger partial charge < -0.3 is 10.1 Å². The van der Waals surface area contributed by atoms with Gasteiger partial charge in [-0.2, -0.15) is 5.10 Å². The molecule has 0 saturated carbocycles. The van der Waals surface area contributed by atoms with Crippen LogP contribution in [0.5, 0.6) is 0 Å². The highest BCUT2D eigenvalue weighted by Gasteiger charge is 2.12. The summed E-state index contributed by atoms with van der Waals surface area (Å²) in [5.41, 5.74) is 2.32. The minimum atomic E-state index is 0.446. The first kappa shape index (κ1) is 14.7. The maximum atomic E-state index is 5.07. The fourth-order valence-electron chi connectivity index (χ4n) is 1.68. The Balaban J connectivity index is 2.54. The second kappa shape index (κ2) is 7.13. The summed E-state index contributed by atoms with van der Waals surface area (Å²) in [6, 6.07) is 0.446. The van der Waals surface area contributed by atoms with Crippen LogP contribution in [-0.4, -0.2) is 29.5 Å². The maximum absolute atomic E-state index is 5.07. The molecule has 0 radical (unpaired) electrons. The zero-order valence-electron chi connectivity index (χ0n) is 11.1. The fraction of sp³-hybridized carbons (Fsp3) is 0.750. The van der Waals surface area contributed by atoms with Crippen LogP contribution in [-0.2, 0) is 24.8 Å². The standard InChI is InChI=1S/C12H22BrN3O/c1-5-10-12(13)11(16(3)15-10)8-14-9(2)6-7-17-4/h9,14H,5-8H2,1-4H3. The first-order valence-electron chi connectivity index (χ1n) is 6.02. The molecule has 1 rings (SSSR count). The highest BCUT2D eigenvalue weighted by Crippen LogP contribution is 2.21. The summed E-state index contributed by atoms with van der Waals surface area (Å²) in [5, 5.41) is 7.96. The highest BCUT2D eigenvalue weighted by molar-refractivity contribution is 9.10. The van der Waals surface area contributed by atoms with Crippen LogP contribution in [0.2, 0.25) is 0 Å². The topological polar surface area (TPSA) is 39.1 Å². The molecule has 1 heterocycles. The van der Waals surface area contributed by atoms with Crippen molar-refractivity contribution in [3.05, 3.63) is 15.9 Å². The van der Waals surface area contributed by atoms with Crippen molar-refractivity contribution in [2.45, 2.75) is 39.3 Å². The van der Waals surface area contributed by atoms with E-state index in [0.717, 1.165) is 36.2 Å². The van der Waals surface area contributed by atoms with E-state index in [1.165, 1.54) is 5.69 Å². The van der Waals surface area contributed by atoms with Gasteiger partial charge in [-0.3, -0.25) is 4.68 Å². The molecule has 1 aromatic heterocycles. The van der Waals surface area contributed by atoms with Gasteiger partial charge in [0.25, 0.3) is 0 Å². The molecule has 0 aliphatic heterocycles. The van der Waals surface area contributed by atoms with Gasteiger partial charge in [0.05, 0.1) is 15.9 Å². The van der Waals surface area contributed by atoms with Crippen molar-refractivity contribution >= 4 is 15.9 Å². The van der Waals surface area contributed by atoms with Crippen molar-refractivity contribution in [2.24, 2.45) is 7.05 Å². The van der Waals surface area contributed by atoms with E-state index < -0.39 is 0 Å². The molecule has 98 valence electrons. The van der Waals surface area contributed by atoms with E-state index in [-0.39, 0.29) is 0 Å². The van der Waals surface area contributed by atoms with E-state index in [9.17, 15) is 0 Å². The largest absolute Gasteiger partial charge is 0.385 e. The van der Waals surface area contributed by atoms with Gasteiger partial charge in [0, 0.05) is 33.4 Å². The van der Waals surface area contributed by atoms with Gasteiger partial charge in [0.2, 0.25) is 0 Å². The number of aryl methyl sites for hydroxylation is 2. The van der Waals surface area contributed by atoms with Crippen molar-refractivity contribution in [1.82, 2.24) is 15.1 Å². The van der Waals surface area contributed by atoms with Crippen LogP contribution in [0.3, 0.4) is 0 Å². The summed E-state index contributed by atoms with van der Waals surface area (Å²) >= 11 is 3.62. The van der Waals surface area contributed by atoms with E-state index in [1.54, 1.807) is 7.11 Å². The van der Waals surface area contributed by atoms with Crippen molar-refractivity contribution in [3.63, 3.8) is 0 Å². The number of ether oxygens (including phenoxy) is 1. The number of nitrogens with zero attached hydrogens (tertiary/aromatic N) is 2. The predicted octanol–water partition coefficient (Wildman–Crippen LogP) is 2.26. The summed E-state index contributed by atoms with van der Waals surface area (Å²) in [7, 11) is 3.72. The molecule has 0 aliphatic rings. The molecule has 0 aromatic carbocycles. The Hall–Kier alpha value is -0.390. The highest BCUT2D eigenvalue weighted by atomic mass is 79.9. The lowest BCUT2D eigenvalue weighted by Crippen LogP contribution is -2.27. The summed E-state index contributed by atoms with van der Waals surface area (Å²) in [4.78, 5) is 0. The van der Waals surface area contributed by atoms with Crippen LogP contribution in [0.4, 0.5) is 0 Å². The Morgan fingerprint density at radius 2 is 2.24 bits per heavy atom. The molecule has 0 aliphatic carbocycles. The average molecular weight is 304 g/mol. The quantitative estimate of drug-likeness (QED) is 0.840. The summed E-state index contributed by atoms with van der Waals surface area (Å²) in [6.07, 6.45) is 1.97. The van der Waals surface area contributed by atoms with Crippen molar-refractivity contribution in [1.29, 1.82) is 0 Å². The Bertz CT molecular complexity index is 352. The van der Waals surface area contributed by atoms with Gasteiger partial charge in [-0.25, -0.2) is 0 Å². The molecule has 1 unspecified atom stereocenters. The second-order valence-corrected chi connectivity index (χ2v) is 5.04. The molecule has 0 amide bonds. The van der Waals surface area contributed by atoms with E-state index in [1.807, 2.05) is 11.7 Å². The van der Waals surface area contributed by atoms with E-state index >= 15 is 0 Å². The van der Waals surface area contributed by atoms with E-state index in [2.05, 4.69) is 40.2 Å². The van der Waals surface area contributed by atoms with E-state index in [0.29, 0.717) is 6.04 Å². The van der Waals surface area contributed by atoms with Crippen LogP contribution >= 0.6 is 15.9 Å². The molecule has 0 saturated heterocycles. The summed E-state index contributed by atoms with van der Waals surface area (Å²) < 4.78 is 8.14. The predicted molar refractivity (Wildman–Crippen MR) is 73.1 cm³/mol. The minimum absolute atomic E-state index is 0.446. The van der Waals surface area contributed by atoms with Crippen molar-refractivity contribution < 1.29 is 4.74 Å². The number of hydrogen-bond donors (Lipinski definition) is 1. The molecule has 0 spiro atoms. The summed E-state index contributed by atoms with van der Waals surface area (Å²) in [6.45, 7) is 5.91. The lowest BCUT2D eigenvalue weighted by Gasteiger charge is -2.13. The third kappa shape index (κ3) is 4.08. The Morgan fingerprint density at radius 3 is 2.76 bits per heavy atom. The third-order valence-electron chi connectivity index (χ3n) is 2.88. The number of hydrogen-bond acceptors (Lipinski definition) is 3. The smallest absolute Gasteiger partial charge is 0.0767 e. The number of methoxy groups -OCH3 is 1. The molecular formula is C12H22BrN3O. The Kier molecular flexibility index (Phi) is 6.16. The second-order valence-electron chi connectivity index (χ2n) is 4.25. The van der Waals surface area contributed by atoms with Gasteiger partial charge in [0.1, 0.15) is 0 Å². The fourth-order valence-corrected chi connectivity index (χ4v) is 2.44. The van der Waals surface area contributed by atoms with Gasteiger partial charge in [-0.15, -0.1) is 0 Å². The molecule has 5 heteroatoms. The normalized spacial score (nSPS) is 13.0. The van der Waals surface area contributed by atoms with Crippen molar-refractivity contribution in [2.75, 3.05) is 13.7 Å². The third-order valence-corrected chi connectivity index (χ3v) is 3.79. The molecule has 1 atom stereocenters. The van der Waals surface area contributed by atoms with Crippen LogP contribution in [0.1, 0.15) is 31.7 Å². The monoisotopic (exact) mass is 303 g/mol. The van der Waals surface area contributed by atoms with Gasteiger partial charge in [-0.1, -0.05) is 6.92 Å². The van der Waals surface area contributed by atoms with Gasteiger partial charge in [0.15, 0.2) is 0 Å². The zero-order valence-corrected chi connectivity index (χ0v) is 12.7. The zero-order chi connectivity index (χ0) is 12.8. The lowest BCUT2D eigenvalue weighted by atomic mass is 10.2. The molecule has 4 nitrogen and oxygen atoms in total. The Labute approximate surface area is 112 Å². The molecule has 1 N–H and O–H groups in total. The van der Waals surface area contributed by atoms with E-state index in [4.69, 9.17) is 4.74 Å².